The van der Waals surface area contributed by atoms with Crippen molar-refractivity contribution in [2.75, 3.05) is 37.7 Å². The van der Waals surface area contributed by atoms with Crippen molar-refractivity contribution in [1.82, 2.24) is 15.2 Å². The third kappa shape index (κ3) is 5.20. The molecule has 3 rings (SSSR count). The first kappa shape index (κ1) is 18.7. The molecule has 1 aromatic heterocycles. The fraction of sp³-hybridized carbons (Fsp3) is 0.350. The number of pyridine rings is 1. The number of nitrogens with zero attached hydrogens (tertiary/aromatic N) is 3. The number of benzene rings is 1. The number of piperazine rings is 1. The molecular formula is C20H24N4O3. The number of hydrogen-bond acceptors (Lipinski definition) is 5. The molecule has 1 N–H and O–H groups in total. The van der Waals surface area contributed by atoms with Gasteiger partial charge in [-0.05, 0) is 31.2 Å². The summed E-state index contributed by atoms with van der Waals surface area (Å²) in [6, 6.07) is 14.3. The summed E-state index contributed by atoms with van der Waals surface area (Å²) in [5.41, 5.74) is 0. The minimum atomic E-state index is -0.585. The van der Waals surface area contributed by atoms with Crippen molar-refractivity contribution in [3.63, 3.8) is 0 Å². The molecule has 1 aromatic carbocycles. The Balaban J connectivity index is 1.43. The highest BCUT2D eigenvalue weighted by Crippen LogP contribution is 2.13. The predicted molar refractivity (Wildman–Crippen MR) is 103 cm³/mol. The third-order valence-corrected chi connectivity index (χ3v) is 4.43. The monoisotopic (exact) mass is 368 g/mol. The average Bonchev–Trinajstić information content (AvgIpc) is 2.73. The van der Waals surface area contributed by atoms with E-state index in [0.29, 0.717) is 18.8 Å². The van der Waals surface area contributed by atoms with E-state index in [1.54, 1.807) is 30.2 Å². The topological polar surface area (TPSA) is 74.8 Å². The van der Waals surface area contributed by atoms with Gasteiger partial charge < -0.3 is 19.9 Å². The Morgan fingerprint density at radius 2 is 1.78 bits per heavy atom. The summed E-state index contributed by atoms with van der Waals surface area (Å²) >= 11 is 0. The van der Waals surface area contributed by atoms with Crippen LogP contribution in [0, 0.1) is 0 Å². The lowest BCUT2D eigenvalue weighted by molar-refractivity contribution is -0.136. The fourth-order valence-corrected chi connectivity index (χ4v) is 2.98. The summed E-state index contributed by atoms with van der Waals surface area (Å²) in [6.45, 7) is 4.25. The van der Waals surface area contributed by atoms with Gasteiger partial charge in [-0.25, -0.2) is 4.98 Å². The summed E-state index contributed by atoms with van der Waals surface area (Å²) in [5.74, 6) is 1.15. The van der Waals surface area contributed by atoms with Crippen molar-refractivity contribution in [3.05, 3.63) is 54.7 Å². The minimum absolute atomic E-state index is 0.0799. The number of aromatic nitrogens is 1. The van der Waals surface area contributed by atoms with Gasteiger partial charge in [0.05, 0.1) is 0 Å². The maximum absolute atomic E-state index is 12.6. The van der Waals surface area contributed by atoms with Crippen molar-refractivity contribution in [3.8, 4) is 5.75 Å². The SMILES string of the molecule is CC(NC(=O)COc1ccccc1)C(=O)N1CCN(c2ccccn2)CC1. The molecule has 0 aliphatic carbocycles. The normalized spacial score (nSPS) is 15.1. The lowest BCUT2D eigenvalue weighted by atomic mass is 10.2. The Morgan fingerprint density at radius 1 is 1.07 bits per heavy atom. The van der Waals surface area contributed by atoms with Crippen LogP contribution in [-0.2, 0) is 9.59 Å². The molecular weight excluding hydrogens is 344 g/mol. The van der Waals surface area contributed by atoms with Gasteiger partial charge in [-0.3, -0.25) is 9.59 Å². The van der Waals surface area contributed by atoms with E-state index in [0.717, 1.165) is 18.9 Å². The van der Waals surface area contributed by atoms with Crippen LogP contribution in [-0.4, -0.2) is 60.5 Å². The first-order chi connectivity index (χ1) is 13.1. The smallest absolute Gasteiger partial charge is 0.258 e. The lowest BCUT2D eigenvalue weighted by Crippen LogP contribution is -2.54. The van der Waals surface area contributed by atoms with Gasteiger partial charge in [0.1, 0.15) is 17.6 Å². The number of anilines is 1. The Kier molecular flexibility index (Phi) is 6.25. The van der Waals surface area contributed by atoms with Crippen molar-refractivity contribution in [2.45, 2.75) is 13.0 Å². The highest BCUT2D eigenvalue weighted by molar-refractivity contribution is 5.88. The molecule has 2 aromatic rings. The number of para-hydroxylation sites is 1. The van der Waals surface area contributed by atoms with Crippen LogP contribution >= 0.6 is 0 Å². The maximum atomic E-state index is 12.6. The average molecular weight is 368 g/mol. The van der Waals surface area contributed by atoms with E-state index < -0.39 is 6.04 Å². The number of rotatable bonds is 6. The molecule has 7 nitrogen and oxygen atoms in total. The number of amides is 2. The number of carbonyl (C=O) groups is 2. The first-order valence-corrected chi connectivity index (χ1v) is 9.05. The second-order valence-electron chi connectivity index (χ2n) is 6.39. The van der Waals surface area contributed by atoms with Crippen LogP contribution in [0.4, 0.5) is 5.82 Å². The number of nitrogens with one attached hydrogen (secondary N) is 1. The number of carbonyl (C=O) groups excluding carboxylic acids is 2. The van der Waals surface area contributed by atoms with Crippen molar-refractivity contribution in [1.29, 1.82) is 0 Å². The van der Waals surface area contributed by atoms with Crippen LogP contribution < -0.4 is 15.0 Å². The molecule has 0 spiro atoms. The van der Waals surface area contributed by atoms with Gasteiger partial charge in [0, 0.05) is 32.4 Å². The van der Waals surface area contributed by atoms with Crippen LogP contribution in [0.1, 0.15) is 6.92 Å². The summed E-state index contributed by atoms with van der Waals surface area (Å²) < 4.78 is 5.41. The van der Waals surface area contributed by atoms with Crippen LogP contribution in [0.15, 0.2) is 54.7 Å². The first-order valence-electron chi connectivity index (χ1n) is 9.05. The van der Waals surface area contributed by atoms with E-state index in [2.05, 4.69) is 15.2 Å². The summed E-state index contributed by atoms with van der Waals surface area (Å²) in [5, 5.41) is 2.71. The molecule has 142 valence electrons. The van der Waals surface area contributed by atoms with E-state index in [9.17, 15) is 9.59 Å². The van der Waals surface area contributed by atoms with Gasteiger partial charge in [-0.1, -0.05) is 24.3 Å². The van der Waals surface area contributed by atoms with Crippen LogP contribution in [0.2, 0.25) is 0 Å². The minimum Gasteiger partial charge on any atom is -0.484 e. The molecule has 1 fully saturated rings. The van der Waals surface area contributed by atoms with Crippen molar-refractivity contribution >= 4 is 17.6 Å². The Bertz CT molecular complexity index is 746. The van der Waals surface area contributed by atoms with Gasteiger partial charge >= 0.3 is 0 Å². The molecule has 7 heteroatoms. The highest BCUT2D eigenvalue weighted by Gasteiger charge is 2.26. The molecule has 0 saturated carbocycles. The molecule has 0 radical (unpaired) electrons. The van der Waals surface area contributed by atoms with Crippen molar-refractivity contribution < 1.29 is 14.3 Å². The maximum Gasteiger partial charge on any atom is 0.258 e. The number of hydrogen-bond donors (Lipinski definition) is 1. The molecule has 2 amide bonds. The standard InChI is InChI=1S/C20H24N4O3/c1-16(22-19(25)15-27-17-7-3-2-4-8-17)20(26)24-13-11-23(12-14-24)18-9-5-6-10-21-18/h2-10,16H,11-15H2,1H3,(H,22,25). The zero-order valence-corrected chi connectivity index (χ0v) is 15.4. The van der Waals surface area contributed by atoms with E-state index >= 15 is 0 Å². The fourth-order valence-electron chi connectivity index (χ4n) is 2.98. The van der Waals surface area contributed by atoms with Gasteiger partial charge in [-0.2, -0.15) is 0 Å². The molecule has 1 aliphatic rings. The molecule has 0 bridgehead atoms. The molecule has 1 atom stereocenters. The van der Waals surface area contributed by atoms with E-state index in [1.807, 2.05) is 36.4 Å². The lowest BCUT2D eigenvalue weighted by Gasteiger charge is -2.36. The Labute approximate surface area is 158 Å². The van der Waals surface area contributed by atoms with Gasteiger partial charge in [0.15, 0.2) is 6.61 Å². The van der Waals surface area contributed by atoms with Gasteiger partial charge in [0.25, 0.3) is 5.91 Å². The molecule has 2 heterocycles. The molecule has 1 saturated heterocycles. The van der Waals surface area contributed by atoms with Crippen molar-refractivity contribution in [2.24, 2.45) is 0 Å². The van der Waals surface area contributed by atoms with E-state index in [4.69, 9.17) is 4.74 Å². The zero-order chi connectivity index (χ0) is 19.1. The van der Waals surface area contributed by atoms with E-state index in [-0.39, 0.29) is 18.4 Å². The number of ether oxygens (including phenoxy) is 1. The quantitative estimate of drug-likeness (QED) is 0.832. The summed E-state index contributed by atoms with van der Waals surface area (Å²) in [4.78, 5) is 32.9. The summed E-state index contributed by atoms with van der Waals surface area (Å²) in [6.07, 6.45) is 1.77. The molecule has 27 heavy (non-hydrogen) atoms. The van der Waals surface area contributed by atoms with Crippen LogP contribution in [0.3, 0.4) is 0 Å². The Hall–Kier alpha value is -3.09. The van der Waals surface area contributed by atoms with Crippen LogP contribution in [0.5, 0.6) is 5.75 Å². The largest absolute Gasteiger partial charge is 0.484 e. The Morgan fingerprint density at radius 3 is 2.44 bits per heavy atom. The third-order valence-electron chi connectivity index (χ3n) is 4.43. The summed E-state index contributed by atoms with van der Waals surface area (Å²) in [7, 11) is 0. The van der Waals surface area contributed by atoms with Gasteiger partial charge in [0.2, 0.25) is 5.91 Å². The zero-order valence-electron chi connectivity index (χ0n) is 15.4. The van der Waals surface area contributed by atoms with Gasteiger partial charge in [-0.15, -0.1) is 0 Å². The van der Waals surface area contributed by atoms with E-state index in [1.165, 1.54) is 0 Å². The highest BCUT2D eigenvalue weighted by atomic mass is 16.5. The molecule has 1 unspecified atom stereocenters. The second-order valence-corrected chi connectivity index (χ2v) is 6.39. The molecule has 1 aliphatic heterocycles. The second kappa shape index (κ2) is 9.02. The predicted octanol–water partition coefficient (Wildman–Crippen LogP) is 1.31. The van der Waals surface area contributed by atoms with Crippen LogP contribution in [0.25, 0.3) is 0 Å².